The number of pyridine rings is 1. The van der Waals surface area contributed by atoms with Crippen LogP contribution in [-0.2, 0) is 6.54 Å². The highest BCUT2D eigenvalue weighted by Crippen LogP contribution is 2.13. The molecule has 100 valence electrons. The van der Waals surface area contributed by atoms with Crippen molar-refractivity contribution in [3.63, 3.8) is 0 Å². The zero-order valence-corrected chi connectivity index (χ0v) is 10.7. The Morgan fingerprint density at radius 3 is 2.95 bits per heavy atom. The van der Waals surface area contributed by atoms with Gasteiger partial charge in [-0.05, 0) is 18.6 Å². The second kappa shape index (κ2) is 5.12. The molecule has 7 heteroatoms. The van der Waals surface area contributed by atoms with E-state index in [-0.39, 0.29) is 5.82 Å². The van der Waals surface area contributed by atoms with E-state index in [4.69, 9.17) is 0 Å². The topological polar surface area (TPSA) is 76.5 Å². The highest BCUT2D eigenvalue weighted by molar-refractivity contribution is 5.73. The Hall–Kier alpha value is -2.70. The van der Waals surface area contributed by atoms with Crippen molar-refractivity contribution in [3.8, 4) is 0 Å². The van der Waals surface area contributed by atoms with Gasteiger partial charge < -0.3 is 5.32 Å². The Morgan fingerprint density at radius 1 is 1.15 bits per heavy atom. The lowest BCUT2D eigenvalue weighted by Gasteiger charge is -2.07. The van der Waals surface area contributed by atoms with Gasteiger partial charge in [-0.1, -0.05) is 0 Å². The monoisotopic (exact) mass is 270 g/mol. The summed E-state index contributed by atoms with van der Waals surface area (Å²) < 4.78 is 13.5. The van der Waals surface area contributed by atoms with Crippen LogP contribution in [0.1, 0.15) is 11.4 Å². The van der Waals surface area contributed by atoms with Gasteiger partial charge in [0.15, 0.2) is 17.3 Å². The summed E-state index contributed by atoms with van der Waals surface area (Å²) in [7, 11) is 0. The van der Waals surface area contributed by atoms with Crippen molar-refractivity contribution in [1.29, 1.82) is 0 Å². The molecule has 0 radical (unpaired) electrons. The van der Waals surface area contributed by atoms with Crippen LogP contribution in [0.4, 0.5) is 10.2 Å². The first-order valence-corrected chi connectivity index (χ1v) is 6.00. The Labute approximate surface area is 114 Å². The largest absolute Gasteiger partial charge is 0.363 e. The maximum Gasteiger partial charge on any atom is 0.183 e. The van der Waals surface area contributed by atoms with E-state index in [0.29, 0.717) is 18.0 Å². The summed E-state index contributed by atoms with van der Waals surface area (Å²) in [5, 5.41) is 3.77. The van der Waals surface area contributed by atoms with Crippen LogP contribution in [-0.4, -0.2) is 24.9 Å². The average Bonchev–Trinajstić information content (AvgIpc) is 2.48. The molecule has 1 N–H and O–H groups in total. The smallest absolute Gasteiger partial charge is 0.183 e. The molecule has 6 nitrogen and oxygen atoms in total. The predicted octanol–water partition coefficient (Wildman–Crippen LogP) is 1.87. The van der Waals surface area contributed by atoms with E-state index in [1.54, 1.807) is 19.3 Å². The lowest BCUT2D eigenvalue weighted by atomic mass is 10.2. The first kappa shape index (κ1) is 12.3. The maximum absolute atomic E-state index is 13.5. The molecule has 0 aliphatic heterocycles. The first-order valence-electron chi connectivity index (χ1n) is 6.00. The third-order valence-corrected chi connectivity index (χ3v) is 2.74. The van der Waals surface area contributed by atoms with Gasteiger partial charge in [0.05, 0.1) is 6.20 Å². The molecule has 0 atom stereocenters. The van der Waals surface area contributed by atoms with Crippen LogP contribution < -0.4 is 5.32 Å². The molecule has 0 aromatic carbocycles. The fraction of sp³-hybridized carbons (Fsp3) is 0.154. The van der Waals surface area contributed by atoms with Gasteiger partial charge in [-0.3, -0.25) is 0 Å². The van der Waals surface area contributed by atoms with E-state index in [1.165, 1.54) is 6.33 Å². The van der Waals surface area contributed by atoms with Crippen molar-refractivity contribution in [2.75, 3.05) is 5.32 Å². The summed E-state index contributed by atoms with van der Waals surface area (Å²) >= 11 is 0. The van der Waals surface area contributed by atoms with Crippen LogP contribution in [0.2, 0.25) is 0 Å². The van der Waals surface area contributed by atoms with Crippen molar-refractivity contribution >= 4 is 16.9 Å². The zero-order chi connectivity index (χ0) is 13.9. The Morgan fingerprint density at radius 2 is 2.05 bits per heavy atom. The highest BCUT2D eigenvalue weighted by Gasteiger charge is 2.05. The number of aromatic nitrogens is 5. The first-order chi connectivity index (χ1) is 9.72. The average molecular weight is 270 g/mol. The molecular weight excluding hydrogens is 259 g/mol. The van der Waals surface area contributed by atoms with Crippen molar-refractivity contribution in [2.24, 2.45) is 0 Å². The van der Waals surface area contributed by atoms with Crippen LogP contribution in [0.3, 0.4) is 0 Å². The summed E-state index contributed by atoms with van der Waals surface area (Å²) in [5.41, 5.74) is 1.52. The highest BCUT2D eigenvalue weighted by atomic mass is 19.1. The molecule has 0 saturated carbocycles. The van der Waals surface area contributed by atoms with Crippen LogP contribution >= 0.6 is 0 Å². The molecule has 0 aliphatic carbocycles. The summed E-state index contributed by atoms with van der Waals surface area (Å²) in [6.45, 7) is 2.12. The van der Waals surface area contributed by atoms with Gasteiger partial charge in [0, 0.05) is 24.3 Å². The van der Waals surface area contributed by atoms with E-state index in [2.05, 4.69) is 30.2 Å². The summed E-state index contributed by atoms with van der Waals surface area (Å²) in [5.74, 6) is 0.216. The second-order valence-corrected chi connectivity index (χ2v) is 4.25. The number of nitrogens with zero attached hydrogens (tertiary/aromatic N) is 5. The molecule has 0 unspecified atom stereocenters. The van der Waals surface area contributed by atoms with Crippen molar-refractivity contribution < 1.29 is 4.39 Å². The minimum absolute atomic E-state index is 0.182. The molecule has 0 spiro atoms. The van der Waals surface area contributed by atoms with E-state index < -0.39 is 5.82 Å². The zero-order valence-electron chi connectivity index (χ0n) is 10.7. The standard InChI is InChI=1S/C13H11FN6/c1-8-16-6-11(14)13(20-8)18-4-9-2-10-5-15-7-19-12(10)17-3-9/h2-3,5-7H,4H2,1H3,(H,16,18,20). The molecule has 0 amide bonds. The van der Waals surface area contributed by atoms with Crippen molar-refractivity contribution in [1.82, 2.24) is 24.9 Å². The fourth-order valence-corrected chi connectivity index (χ4v) is 1.79. The molecule has 20 heavy (non-hydrogen) atoms. The number of hydrogen-bond donors (Lipinski definition) is 1. The maximum atomic E-state index is 13.5. The second-order valence-electron chi connectivity index (χ2n) is 4.25. The van der Waals surface area contributed by atoms with Gasteiger partial charge in [0.25, 0.3) is 0 Å². The van der Waals surface area contributed by atoms with Crippen LogP contribution in [0, 0.1) is 12.7 Å². The summed E-state index contributed by atoms with van der Waals surface area (Å²) in [6, 6.07) is 1.90. The number of rotatable bonds is 3. The summed E-state index contributed by atoms with van der Waals surface area (Å²) in [4.78, 5) is 20.0. The molecule has 0 bridgehead atoms. The molecule has 3 aromatic heterocycles. The van der Waals surface area contributed by atoms with Crippen LogP contribution in [0.25, 0.3) is 11.0 Å². The van der Waals surface area contributed by atoms with Gasteiger partial charge in [-0.25, -0.2) is 29.3 Å². The molecule has 3 heterocycles. The van der Waals surface area contributed by atoms with Gasteiger partial charge in [-0.15, -0.1) is 0 Å². The quantitative estimate of drug-likeness (QED) is 0.783. The number of anilines is 1. The van der Waals surface area contributed by atoms with Gasteiger partial charge in [0.1, 0.15) is 12.2 Å². The van der Waals surface area contributed by atoms with Gasteiger partial charge in [-0.2, -0.15) is 0 Å². The SMILES string of the molecule is Cc1ncc(F)c(NCc2cnc3ncncc3c2)n1. The minimum Gasteiger partial charge on any atom is -0.363 e. The molecular formula is C13H11FN6. The number of halogens is 1. The number of aryl methyl sites for hydroxylation is 1. The number of hydrogen-bond acceptors (Lipinski definition) is 6. The van der Waals surface area contributed by atoms with E-state index in [0.717, 1.165) is 17.1 Å². The predicted molar refractivity (Wildman–Crippen MR) is 71.4 cm³/mol. The van der Waals surface area contributed by atoms with E-state index in [9.17, 15) is 4.39 Å². The molecule has 0 aliphatic rings. The normalized spacial score (nSPS) is 10.7. The molecule has 3 rings (SSSR count). The molecule has 3 aromatic rings. The lowest BCUT2D eigenvalue weighted by molar-refractivity contribution is 0.614. The molecule has 0 saturated heterocycles. The number of nitrogens with one attached hydrogen (secondary N) is 1. The van der Waals surface area contributed by atoms with E-state index in [1.807, 2.05) is 6.07 Å². The van der Waals surface area contributed by atoms with Gasteiger partial charge >= 0.3 is 0 Å². The van der Waals surface area contributed by atoms with Crippen LogP contribution in [0.15, 0.2) is 31.0 Å². The fourth-order valence-electron chi connectivity index (χ4n) is 1.79. The van der Waals surface area contributed by atoms with Crippen LogP contribution in [0.5, 0.6) is 0 Å². The molecule has 0 fully saturated rings. The Bertz CT molecular complexity index is 761. The van der Waals surface area contributed by atoms with Crippen molar-refractivity contribution in [2.45, 2.75) is 13.5 Å². The Balaban J connectivity index is 1.81. The third kappa shape index (κ3) is 2.51. The van der Waals surface area contributed by atoms with E-state index >= 15 is 0 Å². The lowest BCUT2D eigenvalue weighted by Crippen LogP contribution is -2.06. The summed E-state index contributed by atoms with van der Waals surface area (Å²) in [6.07, 6.45) is 5.98. The minimum atomic E-state index is -0.479. The van der Waals surface area contributed by atoms with Crippen molar-refractivity contribution in [3.05, 3.63) is 48.2 Å². The third-order valence-electron chi connectivity index (χ3n) is 2.74. The Kier molecular flexibility index (Phi) is 3.16. The van der Waals surface area contributed by atoms with Gasteiger partial charge in [0.2, 0.25) is 0 Å². The number of fused-ring (bicyclic) bond motifs is 1.